The van der Waals surface area contributed by atoms with Gasteiger partial charge in [-0.05, 0) is 19.1 Å². The summed E-state index contributed by atoms with van der Waals surface area (Å²) in [4.78, 5) is 30.9. The standard InChI is InChI=1S/C18H16N6O2S/c1-12-9-16(25)23-14(11-27-18(23)21-12)7-8-19-17(26)15-10-20-24(22-15)13-5-3-2-4-6-13/h2-6,9-11H,7-8H2,1H3,(H,19,26). The number of carbonyl (C=O) groups excluding carboxylic acids is 1. The minimum Gasteiger partial charge on any atom is -0.350 e. The van der Waals surface area contributed by atoms with Crippen molar-refractivity contribution in [3.63, 3.8) is 0 Å². The van der Waals surface area contributed by atoms with Crippen molar-refractivity contribution in [3.05, 3.63) is 75.4 Å². The molecule has 8 nitrogen and oxygen atoms in total. The highest BCUT2D eigenvalue weighted by Gasteiger charge is 2.12. The van der Waals surface area contributed by atoms with E-state index in [1.807, 2.05) is 35.7 Å². The van der Waals surface area contributed by atoms with Crippen LogP contribution in [0.5, 0.6) is 0 Å². The Balaban J connectivity index is 1.42. The number of thiazole rings is 1. The van der Waals surface area contributed by atoms with Crippen LogP contribution in [-0.4, -0.2) is 36.8 Å². The normalized spacial score (nSPS) is 11.0. The molecule has 4 rings (SSSR count). The van der Waals surface area contributed by atoms with Crippen molar-refractivity contribution in [2.24, 2.45) is 0 Å². The van der Waals surface area contributed by atoms with E-state index in [0.717, 1.165) is 11.4 Å². The van der Waals surface area contributed by atoms with Crippen molar-refractivity contribution < 1.29 is 4.79 Å². The fourth-order valence-corrected chi connectivity index (χ4v) is 3.68. The second-order valence-electron chi connectivity index (χ2n) is 5.94. The summed E-state index contributed by atoms with van der Waals surface area (Å²) in [6, 6.07) is 10.9. The molecule has 27 heavy (non-hydrogen) atoms. The predicted octanol–water partition coefficient (Wildman–Crippen LogP) is 1.62. The van der Waals surface area contributed by atoms with Gasteiger partial charge >= 0.3 is 0 Å². The van der Waals surface area contributed by atoms with Crippen LogP contribution in [0.4, 0.5) is 0 Å². The Hall–Kier alpha value is -3.33. The average Bonchev–Trinajstić information content (AvgIpc) is 3.30. The molecule has 9 heteroatoms. The summed E-state index contributed by atoms with van der Waals surface area (Å²) >= 11 is 1.41. The van der Waals surface area contributed by atoms with E-state index >= 15 is 0 Å². The van der Waals surface area contributed by atoms with E-state index in [0.29, 0.717) is 23.6 Å². The molecule has 1 aromatic carbocycles. The van der Waals surface area contributed by atoms with Crippen molar-refractivity contribution in [1.82, 2.24) is 29.7 Å². The number of carbonyl (C=O) groups is 1. The van der Waals surface area contributed by atoms with Crippen molar-refractivity contribution in [3.8, 4) is 5.69 Å². The van der Waals surface area contributed by atoms with Gasteiger partial charge in [-0.1, -0.05) is 18.2 Å². The summed E-state index contributed by atoms with van der Waals surface area (Å²) < 4.78 is 1.58. The molecule has 0 spiro atoms. The van der Waals surface area contributed by atoms with Gasteiger partial charge in [0.05, 0.1) is 11.9 Å². The van der Waals surface area contributed by atoms with Gasteiger partial charge in [0.1, 0.15) is 0 Å². The molecular weight excluding hydrogens is 364 g/mol. The number of fused-ring (bicyclic) bond motifs is 1. The summed E-state index contributed by atoms with van der Waals surface area (Å²) in [5.74, 6) is -0.307. The van der Waals surface area contributed by atoms with Gasteiger partial charge in [0.15, 0.2) is 10.7 Å². The molecule has 3 aromatic heterocycles. The number of benzene rings is 1. The lowest BCUT2D eigenvalue weighted by molar-refractivity contribution is 0.0948. The largest absolute Gasteiger partial charge is 0.350 e. The Morgan fingerprint density at radius 3 is 2.89 bits per heavy atom. The number of aryl methyl sites for hydroxylation is 1. The zero-order valence-corrected chi connectivity index (χ0v) is 15.3. The number of aromatic nitrogens is 5. The molecule has 0 fully saturated rings. The lowest BCUT2D eigenvalue weighted by atomic mass is 10.3. The first kappa shape index (κ1) is 17.1. The van der Waals surface area contributed by atoms with Gasteiger partial charge in [-0.2, -0.15) is 9.90 Å². The summed E-state index contributed by atoms with van der Waals surface area (Å²) in [6.07, 6.45) is 1.95. The number of nitrogens with zero attached hydrogens (tertiary/aromatic N) is 5. The van der Waals surface area contributed by atoms with E-state index < -0.39 is 0 Å². The highest BCUT2D eigenvalue weighted by Crippen LogP contribution is 2.13. The molecular formula is C18H16N6O2S. The highest BCUT2D eigenvalue weighted by atomic mass is 32.1. The van der Waals surface area contributed by atoms with Crippen LogP contribution in [0.1, 0.15) is 21.9 Å². The van der Waals surface area contributed by atoms with Crippen LogP contribution in [0.2, 0.25) is 0 Å². The third-order valence-corrected chi connectivity index (χ3v) is 4.86. The van der Waals surface area contributed by atoms with Gasteiger partial charge < -0.3 is 5.32 Å². The SMILES string of the molecule is Cc1cc(=O)n2c(CCNC(=O)c3cnn(-c4ccccc4)n3)csc2n1. The van der Waals surface area contributed by atoms with Gasteiger partial charge in [-0.15, -0.1) is 16.4 Å². The third kappa shape index (κ3) is 3.49. The van der Waals surface area contributed by atoms with Crippen LogP contribution >= 0.6 is 11.3 Å². The molecule has 3 heterocycles. The highest BCUT2D eigenvalue weighted by molar-refractivity contribution is 7.15. The van der Waals surface area contributed by atoms with Crippen molar-refractivity contribution >= 4 is 22.2 Å². The van der Waals surface area contributed by atoms with Gasteiger partial charge in [-0.3, -0.25) is 14.0 Å². The Bertz CT molecular complexity index is 1160. The Kier molecular flexibility index (Phi) is 4.51. The molecule has 0 saturated carbocycles. The lowest BCUT2D eigenvalue weighted by Crippen LogP contribution is -2.27. The summed E-state index contributed by atoms with van der Waals surface area (Å²) in [6.45, 7) is 2.17. The smallest absolute Gasteiger partial charge is 0.273 e. The predicted molar refractivity (Wildman–Crippen MR) is 101 cm³/mol. The molecule has 0 aliphatic heterocycles. The zero-order chi connectivity index (χ0) is 18.8. The maximum absolute atomic E-state index is 12.3. The Morgan fingerprint density at radius 1 is 1.26 bits per heavy atom. The summed E-state index contributed by atoms with van der Waals surface area (Å²) in [5, 5.41) is 13.0. The topological polar surface area (TPSA) is 94.2 Å². The van der Waals surface area contributed by atoms with Gasteiger partial charge in [0.25, 0.3) is 11.5 Å². The molecule has 0 saturated heterocycles. The lowest BCUT2D eigenvalue weighted by Gasteiger charge is -2.03. The molecule has 0 unspecified atom stereocenters. The molecule has 0 aliphatic carbocycles. The van der Waals surface area contributed by atoms with E-state index in [9.17, 15) is 9.59 Å². The molecule has 1 N–H and O–H groups in total. The molecule has 0 atom stereocenters. The van der Waals surface area contributed by atoms with Crippen LogP contribution in [0, 0.1) is 6.92 Å². The van der Waals surface area contributed by atoms with E-state index in [2.05, 4.69) is 20.5 Å². The first-order valence-corrected chi connectivity index (χ1v) is 9.22. The molecule has 4 aromatic rings. The number of amides is 1. The van der Waals surface area contributed by atoms with E-state index in [1.54, 1.807) is 11.3 Å². The molecule has 1 amide bonds. The first-order chi connectivity index (χ1) is 13.1. The number of hydrogen-bond donors (Lipinski definition) is 1. The number of hydrogen-bond acceptors (Lipinski definition) is 6. The fourth-order valence-electron chi connectivity index (χ4n) is 2.71. The van der Waals surface area contributed by atoms with Crippen molar-refractivity contribution in [1.29, 1.82) is 0 Å². The van der Waals surface area contributed by atoms with Gasteiger partial charge in [-0.25, -0.2) is 4.98 Å². The first-order valence-electron chi connectivity index (χ1n) is 8.34. The summed E-state index contributed by atoms with van der Waals surface area (Å²) in [5.41, 5.74) is 2.43. The van der Waals surface area contributed by atoms with Gasteiger partial charge in [0, 0.05) is 35.8 Å². The number of para-hydroxylation sites is 1. The second-order valence-corrected chi connectivity index (χ2v) is 6.78. The van der Waals surface area contributed by atoms with E-state index in [-0.39, 0.29) is 17.2 Å². The van der Waals surface area contributed by atoms with E-state index in [1.165, 1.54) is 28.4 Å². The average molecular weight is 380 g/mol. The van der Waals surface area contributed by atoms with Crippen LogP contribution in [0.25, 0.3) is 10.6 Å². The van der Waals surface area contributed by atoms with Crippen LogP contribution in [-0.2, 0) is 6.42 Å². The Labute approximate surface area is 158 Å². The monoisotopic (exact) mass is 380 g/mol. The van der Waals surface area contributed by atoms with Crippen LogP contribution < -0.4 is 10.9 Å². The number of rotatable bonds is 5. The minimum absolute atomic E-state index is 0.106. The second kappa shape index (κ2) is 7.12. The van der Waals surface area contributed by atoms with Crippen molar-refractivity contribution in [2.45, 2.75) is 13.3 Å². The van der Waals surface area contributed by atoms with Crippen LogP contribution in [0.15, 0.2) is 52.8 Å². The zero-order valence-electron chi connectivity index (χ0n) is 14.5. The molecule has 0 radical (unpaired) electrons. The molecule has 0 bridgehead atoms. The Morgan fingerprint density at radius 2 is 2.07 bits per heavy atom. The van der Waals surface area contributed by atoms with Crippen molar-refractivity contribution in [2.75, 3.05) is 6.54 Å². The number of nitrogens with one attached hydrogen (secondary N) is 1. The van der Waals surface area contributed by atoms with Crippen LogP contribution in [0.3, 0.4) is 0 Å². The quantitative estimate of drug-likeness (QED) is 0.568. The maximum atomic E-state index is 12.3. The molecule has 0 aliphatic rings. The molecule has 136 valence electrons. The minimum atomic E-state index is -0.307. The fraction of sp³-hybridized carbons (Fsp3) is 0.167. The van der Waals surface area contributed by atoms with Gasteiger partial charge in [0.2, 0.25) is 0 Å². The van der Waals surface area contributed by atoms with E-state index in [4.69, 9.17) is 0 Å². The summed E-state index contributed by atoms with van der Waals surface area (Å²) in [7, 11) is 0. The third-order valence-electron chi connectivity index (χ3n) is 3.98. The maximum Gasteiger partial charge on any atom is 0.273 e.